The number of hydrogen-bond acceptors (Lipinski definition) is 3. The van der Waals surface area contributed by atoms with Gasteiger partial charge in [0.2, 0.25) is 0 Å². The Kier molecular flexibility index (Phi) is 4.68. The fourth-order valence-corrected chi connectivity index (χ4v) is 2.43. The van der Waals surface area contributed by atoms with Gasteiger partial charge in [0.1, 0.15) is 5.75 Å². The number of alkyl halides is 1. The Morgan fingerprint density at radius 3 is 2.81 bits per heavy atom. The van der Waals surface area contributed by atoms with Crippen LogP contribution in [0, 0.1) is 5.92 Å². The molecule has 1 aromatic rings. The van der Waals surface area contributed by atoms with Gasteiger partial charge >= 0.3 is 0 Å². The molecule has 0 saturated heterocycles. The number of Topliss-reactive ketones (excluding diaryl/α,β-unsaturated/α-hetero) is 1. The molecule has 0 fully saturated rings. The van der Waals surface area contributed by atoms with Crippen molar-refractivity contribution in [2.45, 2.75) is 20.0 Å². The Labute approximate surface area is 129 Å². The molecule has 4 nitrogen and oxygen atoms in total. The van der Waals surface area contributed by atoms with Crippen LogP contribution in [0.5, 0.6) is 5.75 Å². The maximum absolute atomic E-state index is 12.5. The molecule has 112 valence electrons. The lowest BCUT2D eigenvalue weighted by molar-refractivity contribution is -0.128. The lowest BCUT2D eigenvalue weighted by Gasteiger charge is -2.35. The Bertz CT molecular complexity index is 583. The Morgan fingerprint density at radius 1 is 1.52 bits per heavy atom. The quantitative estimate of drug-likeness (QED) is 0.477. The second-order valence-corrected chi connectivity index (χ2v) is 5.53. The van der Waals surface area contributed by atoms with E-state index in [1.807, 2.05) is 13.8 Å². The van der Waals surface area contributed by atoms with Gasteiger partial charge in [-0.1, -0.05) is 19.9 Å². The number of anilines is 1. The van der Waals surface area contributed by atoms with Gasteiger partial charge in [-0.15, -0.1) is 18.2 Å². The van der Waals surface area contributed by atoms with Crippen LogP contribution in [0.2, 0.25) is 0 Å². The number of ether oxygens (including phenoxy) is 1. The normalized spacial score (nSPS) is 17.4. The van der Waals surface area contributed by atoms with Gasteiger partial charge in [-0.3, -0.25) is 9.59 Å². The molecule has 1 unspecified atom stereocenters. The van der Waals surface area contributed by atoms with Gasteiger partial charge in [0.05, 0.1) is 11.6 Å². The van der Waals surface area contributed by atoms with Gasteiger partial charge in [0.25, 0.3) is 5.91 Å². The third kappa shape index (κ3) is 2.95. The molecule has 1 amide bonds. The van der Waals surface area contributed by atoms with Gasteiger partial charge in [0.15, 0.2) is 11.9 Å². The summed E-state index contributed by atoms with van der Waals surface area (Å²) >= 11 is 5.58. The molecule has 0 saturated carbocycles. The van der Waals surface area contributed by atoms with Crippen LogP contribution in [0.3, 0.4) is 0 Å². The van der Waals surface area contributed by atoms with Crippen molar-refractivity contribution >= 4 is 29.0 Å². The molecule has 1 heterocycles. The zero-order valence-electron chi connectivity index (χ0n) is 12.1. The highest BCUT2D eigenvalue weighted by Crippen LogP contribution is 2.36. The lowest BCUT2D eigenvalue weighted by atomic mass is 10.0. The smallest absolute Gasteiger partial charge is 0.268 e. The number of benzene rings is 1. The van der Waals surface area contributed by atoms with E-state index in [0.29, 0.717) is 23.5 Å². The molecule has 0 N–H and O–H groups in total. The first-order valence-corrected chi connectivity index (χ1v) is 7.35. The van der Waals surface area contributed by atoms with Crippen molar-refractivity contribution in [3.8, 4) is 5.75 Å². The molecule has 1 aliphatic rings. The molecule has 5 heteroatoms. The molecule has 0 bridgehead atoms. The molecule has 0 spiro atoms. The zero-order chi connectivity index (χ0) is 15.6. The molecule has 0 aliphatic carbocycles. The number of nitrogens with zero attached hydrogens (tertiary/aromatic N) is 1. The Balaban J connectivity index is 2.48. The second-order valence-electron chi connectivity index (χ2n) is 5.26. The SMILES string of the molecule is C=CCN1C(=O)C(C(C)C)Oc2ccc(C(=O)CCl)cc21. The van der Waals surface area contributed by atoms with Gasteiger partial charge < -0.3 is 9.64 Å². The van der Waals surface area contributed by atoms with Crippen LogP contribution in [0.15, 0.2) is 30.9 Å². The van der Waals surface area contributed by atoms with Crippen LogP contribution in [-0.4, -0.2) is 30.2 Å². The molecule has 0 radical (unpaired) electrons. The molecule has 0 aromatic heterocycles. The van der Waals surface area contributed by atoms with Crippen LogP contribution in [0.25, 0.3) is 0 Å². The number of amides is 1. The average Bonchev–Trinajstić information content (AvgIpc) is 2.48. The predicted molar refractivity (Wildman–Crippen MR) is 83.3 cm³/mol. The summed E-state index contributed by atoms with van der Waals surface area (Å²) in [4.78, 5) is 25.8. The van der Waals surface area contributed by atoms with Crippen molar-refractivity contribution in [2.24, 2.45) is 5.92 Å². The van der Waals surface area contributed by atoms with Gasteiger partial charge in [-0.05, 0) is 24.1 Å². The predicted octanol–water partition coefficient (Wildman–Crippen LogP) is 3.04. The van der Waals surface area contributed by atoms with E-state index in [-0.39, 0.29) is 23.5 Å². The van der Waals surface area contributed by atoms with E-state index in [1.165, 1.54) is 0 Å². The largest absolute Gasteiger partial charge is 0.478 e. The van der Waals surface area contributed by atoms with E-state index in [2.05, 4.69) is 6.58 Å². The Hall–Kier alpha value is -1.81. The van der Waals surface area contributed by atoms with Gasteiger partial charge in [0, 0.05) is 12.1 Å². The number of carbonyl (C=O) groups excluding carboxylic acids is 2. The summed E-state index contributed by atoms with van der Waals surface area (Å²) < 4.78 is 5.78. The maximum atomic E-state index is 12.5. The highest BCUT2D eigenvalue weighted by Gasteiger charge is 2.36. The number of ketones is 1. The van der Waals surface area contributed by atoms with Crippen molar-refractivity contribution in [3.63, 3.8) is 0 Å². The van der Waals surface area contributed by atoms with Crippen LogP contribution >= 0.6 is 11.6 Å². The van der Waals surface area contributed by atoms with Crippen molar-refractivity contribution in [1.29, 1.82) is 0 Å². The minimum absolute atomic E-state index is 0.0575. The summed E-state index contributed by atoms with van der Waals surface area (Å²) in [6, 6.07) is 5.04. The molecular formula is C16H18ClNO3. The summed E-state index contributed by atoms with van der Waals surface area (Å²) in [5, 5.41) is 0. The lowest BCUT2D eigenvalue weighted by Crippen LogP contribution is -2.48. The van der Waals surface area contributed by atoms with Crippen LogP contribution in [-0.2, 0) is 4.79 Å². The topological polar surface area (TPSA) is 46.6 Å². The second kappa shape index (κ2) is 6.31. The fourth-order valence-electron chi connectivity index (χ4n) is 2.28. The molecular weight excluding hydrogens is 290 g/mol. The standard InChI is InChI=1S/C16H18ClNO3/c1-4-7-18-12-8-11(13(19)9-17)5-6-14(12)21-15(10(2)3)16(18)20/h4-6,8,10,15H,1,7,9H2,2-3H3. The summed E-state index contributed by atoms with van der Waals surface area (Å²) in [5.74, 6) is 0.261. The van der Waals surface area contributed by atoms with Crippen LogP contribution in [0.4, 0.5) is 5.69 Å². The highest BCUT2D eigenvalue weighted by molar-refractivity contribution is 6.30. The first kappa shape index (κ1) is 15.6. The molecule has 21 heavy (non-hydrogen) atoms. The number of halogens is 1. The van der Waals surface area contributed by atoms with Crippen molar-refractivity contribution in [2.75, 3.05) is 17.3 Å². The van der Waals surface area contributed by atoms with E-state index < -0.39 is 6.10 Å². The van der Waals surface area contributed by atoms with Crippen molar-refractivity contribution < 1.29 is 14.3 Å². The van der Waals surface area contributed by atoms with Crippen LogP contribution < -0.4 is 9.64 Å². The summed E-state index contributed by atoms with van der Waals surface area (Å²) in [6.07, 6.45) is 1.13. The number of hydrogen-bond donors (Lipinski definition) is 0. The highest BCUT2D eigenvalue weighted by atomic mass is 35.5. The van der Waals surface area contributed by atoms with E-state index in [1.54, 1.807) is 29.2 Å². The third-order valence-corrected chi connectivity index (χ3v) is 3.62. The van der Waals surface area contributed by atoms with Crippen molar-refractivity contribution in [3.05, 3.63) is 36.4 Å². The molecule has 2 rings (SSSR count). The van der Waals surface area contributed by atoms with Gasteiger partial charge in [-0.2, -0.15) is 0 Å². The number of carbonyl (C=O) groups is 2. The van der Waals surface area contributed by atoms with E-state index >= 15 is 0 Å². The maximum Gasteiger partial charge on any atom is 0.268 e. The van der Waals surface area contributed by atoms with Crippen LogP contribution in [0.1, 0.15) is 24.2 Å². The van der Waals surface area contributed by atoms with E-state index in [0.717, 1.165) is 0 Å². The molecule has 1 aliphatic heterocycles. The van der Waals surface area contributed by atoms with E-state index in [9.17, 15) is 9.59 Å². The first-order chi connectivity index (χ1) is 9.99. The summed E-state index contributed by atoms with van der Waals surface area (Å²) in [5.41, 5.74) is 1.06. The fraction of sp³-hybridized carbons (Fsp3) is 0.375. The minimum atomic E-state index is -0.521. The Morgan fingerprint density at radius 2 is 2.24 bits per heavy atom. The minimum Gasteiger partial charge on any atom is -0.478 e. The summed E-state index contributed by atoms with van der Waals surface area (Å²) in [6.45, 7) is 7.93. The molecule has 1 aromatic carbocycles. The molecule has 1 atom stereocenters. The third-order valence-electron chi connectivity index (χ3n) is 3.37. The van der Waals surface area contributed by atoms with E-state index in [4.69, 9.17) is 16.3 Å². The number of fused-ring (bicyclic) bond motifs is 1. The monoisotopic (exact) mass is 307 g/mol. The van der Waals surface area contributed by atoms with Crippen molar-refractivity contribution in [1.82, 2.24) is 0 Å². The number of rotatable bonds is 5. The summed E-state index contributed by atoms with van der Waals surface area (Å²) in [7, 11) is 0. The first-order valence-electron chi connectivity index (χ1n) is 6.81. The average molecular weight is 308 g/mol. The zero-order valence-corrected chi connectivity index (χ0v) is 12.9. The van der Waals surface area contributed by atoms with Gasteiger partial charge in [-0.25, -0.2) is 0 Å².